The first-order valence-electron chi connectivity index (χ1n) is 10.5. The Balaban J connectivity index is 0.00000306. The van der Waals surface area contributed by atoms with E-state index in [9.17, 15) is 13.2 Å². The predicted molar refractivity (Wildman–Crippen MR) is 130 cm³/mol. The van der Waals surface area contributed by atoms with Gasteiger partial charge in [-0.05, 0) is 61.4 Å². The Labute approximate surface area is 206 Å². The maximum absolute atomic E-state index is 12.8. The number of nitrogens with two attached hydrogens (primary N) is 2. The second-order valence-corrected chi connectivity index (χ2v) is 10.1. The average molecular weight is 521 g/mol. The molecule has 4 N–H and O–H groups in total. The number of thioether (sulfide) groups is 1. The molecule has 1 aromatic heterocycles. The van der Waals surface area contributed by atoms with Gasteiger partial charge in [-0.25, -0.2) is 0 Å². The van der Waals surface area contributed by atoms with E-state index in [1.165, 1.54) is 12.1 Å². The number of alkyl halides is 3. The molecule has 2 fully saturated rings. The number of hydrogen-bond donors (Lipinski definition) is 2. The van der Waals surface area contributed by atoms with Gasteiger partial charge in [-0.3, -0.25) is 5.14 Å². The Bertz CT molecular complexity index is 981. The third-order valence-corrected chi connectivity index (χ3v) is 7.93. The third kappa shape index (κ3) is 5.82. The van der Waals surface area contributed by atoms with Crippen LogP contribution in [0.4, 0.5) is 13.2 Å². The summed E-state index contributed by atoms with van der Waals surface area (Å²) in [5, 5.41) is 16.2. The van der Waals surface area contributed by atoms with Crippen molar-refractivity contribution in [2.45, 2.75) is 36.5 Å². The van der Waals surface area contributed by atoms with Crippen LogP contribution in [0.15, 0.2) is 34.8 Å². The molecule has 12 heteroatoms. The van der Waals surface area contributed by atoms with Gasteiger partial charge in [-0.1, -0.05) is 35.8 Å². The van der Waals surface area contributed by atoms with Gasteiger partial charge in [0.25, 0.3) is 0 Å². The molecule has 1 saturated carbocycles. The van der Waals surface area contributed by atoms with Crippen LogP contribution >= 0.6 is 36.1 Å². The zero-order valence-corrected chi connectivity index (χ0v) is 20.7. The fraction of sp³-hybridized carbons (Fsp3) is 0.524. The van der Waals surface area contributed by atoms with Crippen molar-refractivity contribution in [3.05, 3.63) is 46.6 Å². The van der Waals surface area contributed by atoms with Crippen molar-refractivity contribution >= 4 is 41.8 Å². The Hall–Kier alpha value is -1.40. The summed E-state index contributed by atoms with van der Waals surface area (Å²) in [4.78, 5) is 2.48. The van der Waals surface area contributed by atoms with E-state index in [1.54, 1.807) is 29.3 Å². The average Bonchev–Trinajstić information content (AvgIpc) is 3.09. The Kier molecular flexibility index (Phi) is 8.32. The van der Waals surface area contributed by atoms with Crippen molar-refractivity contribution < 1.29 is 13.2 Å². The molecular formula is C21H28ClF3N6S2. The number of hydrogen-bond acceptors (Lipinski definition) is 7. The maximum Gasteiger partial charge on any atom is 0.416 e. The van der Waals surface area contributed by atoms with Crippen LogP contribution in [0.2, 0.25) is 0 Å². The SMILES string of the molecule is Cl.Cn1c(SCCCN2CCC3(CC3c3ccc(C(F)(F)F)cc3)C2)nnc1/C(N)=C/SN. The second kappa shape index (κ2) is 10.5. The van der Waals surface area contributed by atoms with Crippen molar-refractivity contribution in [3.8, 4) is 0 Å². The summed E-state index contributed by atoms with van der Waals surface area (Å²) in [5.74, 6) is 1.91. The Morgan fingerprint density at radius 2 is 2.00 bits per heavy atom. The Morgan fingerprint density at radius 1 is 1.27 bits per heavy atom. The molecule has 4 rings (SSSR count). The van der Waals surface area contributed by atoms with Crippen LogP contribution in [0.1, 0.15) is 42.1 Å². The van der Waals surface area contributed by atoms with Crippen molar-refractivity contribution in [3.63, 3.8) is 0 Å². The first-order chi connectivity index (χ1) is 15.2. The molecule has 0 radical (unpaired) electrons. The predicted octanol–water partition coefficient (Wildman–Crippen LogP) is 4.48. The van der Waals surface area contributed by atoms with Gasteiger partial charge in [0.15, 0.2) is 11.0 Å². The highest BCUT2D eigenvalue weighted by molar-refractivity contribution is 8.00. The van der Waals surface area contributed by atoms with Gasteiger partial charge in [0, 0.05) is 24.8 Å². The highest BCUT2D eigenvalue weighted by atomic mass is 35.5. The molecule has 1 aliphatic heterocycles. The molecular weight excluding hydrogens is 493 g/mol. The van der Waals surface area contributed by atoms with E-state index in [4.69, 9.17) is 10.9 Å². The van der Waals surface area contributed by atoms with E-state index in [0.717, 1.165) is 67.3 Å². The van der Waals surface area contributed by atoms with Crippen LogP contribution in [-0.2, 0) is 13.2 Å². The minimum Gasteiger partial charge on any atom is -0.395 e. The summed E-state index contributed by atoms with van der Waals surface area (Å²) in [6.45, 7) is 3.08. The monoisotopic (exact) mass is 520 g/mol. The summed E-state index contributed by atoms with van der Waals surface area (Å²) in [6.07, 6.45) is -1.07. The van der Waals surface area contributed by atoms with Crippen molar-refractivity contribution in [2.24, 2.45) is 23.3 Å². The van der Waals surface area contributed by atoms with Gasteiger partial charge in [-0.2, -0.15) is 13.2 Å². The van der Waals surface area contributed by atoms with Crippen LogP contribution in [-0.4, -0.2) is 45.1 Å². The lowest BCUT2D eigenvalue weighted by Gasteiger charge is -2.16. The topological polar surface area (TPSA) is 86.0 Å². The molecule has 2 aliphatic rings. The molecule has 2 unspecified atom stereocenters. The van der Waals surface area contributed by atoms with Crippen LogP contribution in [0, 0.1) is 5.41 Å². The largest absolute Gasteiger partial charge is 0.416 e. The molecule has 2 aromatic rings. The van der Waals surface area contributed by atoms with Crippen LogP contribution in [0.3, 0.4) is 0 Å². The molecule has 2 atom stereocenters. The first-order valence-corrected chi connectivity index (χ1v) is 12.4. The second-order valence-electron chi connectivity index (χ2n) is 8.54. The zero-order valence-electron chi connectivity index (χ0n) is 18.2. The van der Waals surface area contributed by atoms with Crippen molar-refractivity contribution in [1.29, 1.82) is 0 Å². The summed E-state index contributed by atoms with van der Waals surface area (Å²) in [6, 6.07) is 5.73. The van der Waals surface area contributed by atoms with Gasteiger partial charge in [0.05, 0.1) is 11.3 Å². The van der Waals surface area contributed by atoms with Gasteiger partial charge < -0.3 is 15.2 Å². The molecule has 1 spiro atoms. The molecule has 2 heterocycles. The lowest BCUT2D eigenvalue weighted by atomic mass is 9.97. The van der Waals surface area contributed by atoms with Crippen LogP contribution in [0.5, 0.6) is 0 Å². The van der Waals surface area contributed by atoms with E-state index < -0.39 is 11.7 Å². The lowest BCUT2D eigenvalue weighted by Crippen LogP contribution is -2.23. The highest BCUT2D eigenvalue weighted by Crippen LogP contribution is 2.64. The molecule has 33 heavy (non-hydrogen) atoms. The number of likely N-dealkylation sites (tertiary alicyclic amines) is 1. The van der Waals surface area contributed by atoms with Gasteiger partial charge >= 0.3 is 6.18 Å². The minimum absolute atomic E-state index is 0. The standard InChI is InChI=1S/C21H27F3N6S2.ClH/c1-29-18(17(25)12-32-26)27-28-19(29)31-10-2-8-30-9-7-20(13-30)11-16(20)14-3-5-15(6-4-14)21(22,23)24;/h3-6,12,16H,2,7-11,13,25-26H2,1H3;1H/b17-12-;. The summed E-state index contributed by atoms with van der Waals surface area (Å²) < 4.78 is 40.3. The summed E-state index contributed by atoms with van der Waals surface area (Å²) in [5.41, 5.74) is 7.14. The van der Waals surface area contributed by atoms with Crippen molar-refractivity contribution in [1.82, 2.24) is 19.7 Å². The molecule has 6 nitrogen and oxygen atoms in total. The number of aromatic nitrogens is 3. The zero-order chi connectivity index (χ0) is 22.9. The fourth-order valence-electron chi connectivity index (χ4n) is 4.62. The van der Waals surface area contributed by atoms with E-state index in [-0.39, 0.29) is 17.8 Å². The smallest absolute Gasteiger partial charge is 0.395 e. The molecule has 0 amide bonds. The molecule has 182 valence electrons. The fourth-order valence-corrected chi connectivity index (χ4v) is 5.71. The molecule has 1 aromatic carbocycles. The van der Waals surface area contributed by atoms with E-state index in [0.29, 0.717) is 17.4 Å². The van der Waals surface area contributed by atoms with Gasteiger partial charge in [0.1, 0.15) is 0 Å². The normalized spacial score (nSPS) is 23.2. The lowest BCUT2D eigenvalue weighted by molar-refractivity contribution is -0.137. The molecule has 1 saturated heterocycles. The first kappa shape index (κ1) is 26.2. The summed E-state index contributed by atoms with van der Waals surface area (Å²) in [7, 11) is 1.89. The number of rotatable bonds is 8. The molecule has 0 bridgehead atoms. The van der Waals surface area contributed by atoms with Crippen LogP contribution < -0.4 is 10.9 Å². The van der Waals surface area contributed by atoms with Gasteiger partial charge in [0.2, 0.25) is 0 Å². The third-order valence-electron chi connectivity index (χ3n) is 6.43. The number of halogens is 4. The van der Waals surface area contributed by atoms with Crippen molar-refractivity contribution in [2.75, 3.05) is 25.4 Å². The molecule has 1 aliphatic carbocycles. The quantitative estimate of drug-likeness (QED) is 0.301. The van der Waals surface area contributed by atoms with E-state index in [2.05, 4.69) is 15.1 Å². The highest BCUT2D eigenvalue weighted by Gasteiger charge is 2.57. The van der Waals surface area contributed by atoms with Crippen LogP contribution in [0.25, 0.3) is 5.70 Å². The van der Waals surface area contributed by atoms with Gasteiger partial charge in [-0.15, -0.1) is 22.6 Å². The Morgan fingerprint density at radius 3 is 2.67 bits per heavy atom. The van der Waals surface area contributed by atoms with E-state index in [1.807, 2.05) is 11.6 Å². The summed E-state index contributed by atoms with van der Waals surface area (Å²) >= 11 is 2.69. The maximum atomic E-state index is 12.8. The van der Waals surface area contributed by atoms with E-state index >= 15 is 0 Å². The number of benzene rings is 1. The minimum atomic E-state index is -4.28. The number of nitrogens with zero attached hydrogens (tertiary/aromatic N) is 4.